The zero-order valence-electron chi connectivity index (χ0n) is 19.1. The second-order valence-electron chi connectivity index (χ2n) is 8.79. The molecule has 0 radical (unpaired) electrons. The predicted octanol–water partition coefficient (Wildman–Crippen LogP) is 2.91. The van der Waals surface area contributed by atoms with E-state index in [9.17, 15) is 13.2 Å². The van der Waals surface area contributed by atoms with Gasteiger partial charge in [-0.1, -0.05) is 23.2 Å². The molecule has 2 aromatic carbocycles. The Bertz CT molecular complexity index is 1280. The van der Waals surface area contributed by atoms with Crippen molar-refractivity contribution in [1.82, 2.24) is 14.5 Å². The van der Waals surface area contributed by atoms with Crippen LogP contribution in [-0.2, 0) is 14.8 Å². The molecule has 0 aliphatic carbocycles. The lowest BCUT2D eigenvalue weighted by Gasteiger charge is -2.27. The second kappa shape index (κ2) is 9.63. The number of rotatable bonds is 6. The summed E-state index contributed by atoms with van der Waals surface area (Å²) in [4.78, 5) is 15.4. The van der Waals surface area contributed by atoms with Gasteiger partial charge in [0.05, 0.1) is 10.8 Å². The number of sulfonamides is 1. The van der Waals surface area contributed by atoms with E-state index in [2.05, 4.69) is 5.32 Å². The molecule has 0 unspecified atom stereocenters. The van der Waals surface area contributed by atoms with E-state index in [1.165, 1.54) is 10.4 Å². The van der Waals surface area contributed by atoms with Crippen LogP contribution in [0.2, 0.25) is 10.0 Å². The van der Waals surface area contributed by atoms with Gasteiger partial charge < -0.3 is 19.7 Å². The molecule has 0 saturated carbocycles. The average molecular weight is 538 g/mol. The van der Waals surface area contributed by atoms with Crippen molar-refractivity contribution in [2.45, 2.75) is 10.8 Å². The van der Waals surface area contributed by atoms with Crippen molar-refractivity contribution >= 4 is 39.1 Å². The molecule has 35 heavy (non-hydrogen) atoms. The molecule has 11 heteroatoms. The molecule has 1 amide bonds. The van der Waals surface area contributed by atoms with Gasteiger partial charge in [-0.25, -0.2) is 8.42 Å². The molecule has 8 nitrogen and oxygen atoms in total. The summed E-state index contributed by atoms with van der Waals surface area (Å²) < 4.78 is 39.1. The molecule has 5 rings (SSSR count). The lowest BCUT2D eigenvalue weighted by molar-refractivity contribution is -0.131. The van der Waals surface area contributed by atoms with Crippen LogP contribution in [0.4, 0.5) is 0 Å². The summed E-state index contributed by atoms with van der Waals surface area (Å²) in [5.74, 6) is 0.483. The SMILES string of the molecule is CNC[C@H](C(=O)N1CC2=C(C1)CN(S(=O)(=O)c1ccc3c(c1)OCCO3)C2)c1cc(Cl)cc(Cl)c1. The first-order valence-corrected chi connectivity index (χ1v) is 13.4. The molecular formula is C24H25Cl2N3O5S. The van der Waals surface area contributed by atoms with E-state index in [0.717, 1.165) is 16.7 Å². The maximum absolute atomic E-state index is 13.4. The highest BCUT2D eigenvalue weighted by Gasteiger charge is 2.39. The smallest absolute Gasteiger partial charge is 0.243 e. The monoisotopic (exact) mass is 537 g/mol. The van der Waals surface area contributed by atoms with Crippen molar-refractivity contribution in [2.75, 3.05) is 53.0 Å². The lowest BCUT2D eigenvalue weighted by atomic mass is 9.97. The van der Waals surface area contributed by atoms with Crippen LogP contribution in [0.25, 0.3) is 0 Å². The maximum atomic E-state index is 13.4. The third-order valence-electron chi connectivity index (χ3n) is 6.45. The molecule has 1 N–H and O–H groups in total. The zero-order chi connectivity index (χ0) is 24.7. The zero-order valence-corrected chi connectivity index (χ0v) is 21.4. The number of likely N-dealkylation sites (N-methyl/N-ethyl adjacent to an activating group) is 1. The quantitative estimate of drug-likeness (QED) is 0.570. The van der Waals surface area contributed by atoms with Crippen LogP contribution in [0.1, 0.15) is 11.5 Å². The number of fused-ring (bicyclic) bond motifs is 1. The summed E-state index contributed by atoms with van der Waals surface area (Å²) >= 11 is 12.3. The third-order valence-corrected chi connectivity index (χ3v) is 8.68. The summed E-state index contributed by atoms with van der Waals surface area (Å²) in [5, 5.41) is 4.02. The first-order chi connectivity index (χ1) is 16.8. The number of halogens is 2. The van der Waals surface area contributed by atoms with Crippen molar-refractivity contribution in [1.29, 1.82) is 0 Å². The number of amides is 1. The molecule has 0 saturated heterocycles. The minimum atomic E-state index is -3.72. The molecule has 3 heterocycles. The van der Waals surface area contributed by atoms with Crippen LogP contribution < -0.4 is 14.8 Å². The van der Waals surface area contributed by atoms with Crippen LogP contribution in [0.15, 0.2) is 52.4 Å². The van der Waals surface area contributed by atoms with Gasteiger partial charge in [0.15, 0.2) is 11.5 Å². The van der Waals surface area contributed by atoms with E-state index in [4.69, 9.17) is 32.7 Å². The fourth-order valence-electron chi connectivity index (χ4n) is 4.75. The van der Waals surface area contributed by atoms with E-state index < -0.39 is 15.9 Å². The Hall–Kier alpha value is -2.30. The first kappa shape index (κ1) is 24.4. The van der Waals surface area contributed by atoms with Gasteiger partial charge in [-0.15, -0.1) is 0 Å². The molecule has 0 bridgehead atoms. The van der Waals surface area contributed by atoms with Crippen LogP contribution in [0.5, 0.6) is 11.5 Å². The standard InChI is InChI=1S/C24H25Cl2N3O5S/c1-27-10-21(15-6-18(25)8-19(26)7-15)24(30)28-11-16-13-29(14-17(16)12-28)35(31,32)20-2-3-22-23(9-20)34-5-4-33-22/h2-3,6-9,21,27H,4-5,10-14H2,1H3/t21-/m0/s1. The molecule has 3 aliphatic rings. The maximum Gasteiger partial charge on any atom is 0.243 e. The topological polar surface area (TPSA) is 88.2 Å². The van der Waals surface area contributed by atoms with Gasteiger partial charge in [-0.3, -0.25) is 4.79 Å². The summed E-state index contributed by atoms with van der Waals surface area (Å²) in [6.07, 6.45) is 0. The number of ether oxygens (including phenoxy) is 2. The number of hydrogen-bond donors (Lipinski definition) is 1. The molecule has 0 aromatic heterocycles. The van der Waals surface area contributed by atoms with E-state index in [1.54, 1.807) is 42.3 Å². The van der Waals surface area contributed by atoms with Crippen LogP contribution in [0.3, 0.4) is 0 Å². The Morgan fingerprint density at radius 2 is 1.60 bits per heavy atom. The minimum absolute atomic E-state index is 0.0478. The highest BCUT2D eigenvalue weighted by Crippen LogP contribution is 2.36. The number of nitrogens with one attached hydrogen (secondary N) is 1. The van der Waals surface area contributed by atoms with Gasteiger partial charge in [0, 0.05) is 48.8 Å². The summed E-state index contributed by atoms with van der Waals surface area (Å²) in [6, 6.07) is 9.83. The Balaban J connectivity index is 1.28. The van der Waals surface area contributed by atoms with E-state index >= 15 is 0 Å². The molecule has 0 fully saturated rings. The average Bonchev–Trinajstić information content (AvgIpc) is 3.41. The fraction of sp³-hybridized carbons (Fsp3) is 0.375. The Labute approximate surface area is 214 Å². The van der Waals surface area contributed by atoms with Crippen molar-refractivity contribution in [2.24, 2.45) is 0 Å². The third kappa shape index (κ3) is 4.75. The van der Waals surface area contributed by atoms with Gasteiger partial charge >= 0.3 is 0 Å². The Morgan fingerprint density at radius 1 is 0.971 bits per heavy atom. The van der Waals surface area contributed by atoms with Gasteiger partial charge in [0.2, 0.25) is 15.9 Å². The van der Waals surface area contributed by atoms with Crippen molar-refractivity contribution in [3.63, 3.8) is 0 Å². The van der Waals surface area contributed by atoms with E-state index in [-0.39, 0.29) is 23.9 Å². The van der Waals surface area contributed by atoms with Gasteiger partial charge in [0.1, 0.15) is 13.2 Å². The Kier molecular flexibility index (Phi) is 6.71. The van der Waals surface area contributed by atoms with E-state index in [1.807, 2.05) is 0 Å². The molecule has 2 aromatic rings. The molecule has 3 aliphatic heterocycles. The minimum Gasteiger partial charge on any atom is -0.486 e. The van der Waals surface area contributed by atoms with Crippen LogP contribution >= 0.6 is 23.2 Å². The van der Waals surface area contributed by atoms with Crippen molar-refractivity contribution in [3.05, 3.63) is 63.2 Å². The second-order valence-corrected chi connectivity index (χ2v) is 11.6. The highest BCUT2D eigenvalue weighted by molar-refractivity contribution is 7.89. The highest BCUT2D eigenvalue weighted by atomic mass is 35.5. The molecular weight excluding hydrogens is 513 g/mol. The number of carbonyl (C=O) groups excluding carboxylic acids is 1. The number of carbonyl (C=O) groups is 1. The van der Waals surface area contributed by atoms with Gasteiger partial charge in [0.25, 0.3) is 0 Å². The van der Waals surface area contributed by atoms with E-state index in [0.29, 0.717) is 54.4 Å². The molecule has 1 atom stereocenters. The summed E-state index contributed by atoms with van der Waals surface area (Å²) in [6.45, 7) is 2.57. The molecule has 0 spiro atoms. The number of nitrogens with zero attached hydrogens (tertiary/aromatic N) is 2. The van der Waals surface area contributed by atoms with Gasteiger partial charge in [-0.05, 0) is 54.1 Å². The largest absolute Gasteiger partial charge is 0.486 e. The number of hydrogen-bond acceptors (Lipinski definition) is 6. The fourth-order valence-corrected chi connectivity index (χ4v) is 6.74. The Morgan fingerprint density at radius 3 is 2.23 bits per heavy atom. The van der Waals surface area contributed by atoms with Crippen LogP contribution in [-0.4, -0.2) is 76.5 Å². The van der Waals surface area contributed by atoms with Crippen LogP contribution in [0, 0.1) is 0 Å². The lowest BCUT2D eigenvalue weighted by Crippen LogP contribution is -2.40. The molecule has 186 valence electrons. The van der Waals surface area contributed by atoms with Gasteiger partial charge in [-0.2, -0.15) is 4.31 Å². The normalized spacial score (nSPS) is 18.7. The number of benzene rings is 2. The first-order valence-electron chi connectivity index (χ1n) is 11.2. The predicted molar refractivity (Wildman–Crippen MR) is 133 cm³/mol. The van der Waals surface area contributed by atoms with Crippen molar-refractivity contribution in [3.8, 4) is 11.5 Å². The van der Waals surface area contributed by atoms with Crippen molar-refractivity contribution < 1.29 is 22.7 Å². The summed E-state index contributed by atoms with van der Waals surface area (Å²) in [5.41, 5.74) is 2.68. The summed E-state index contributed by atoms with van der Waals surface area (Å²) in [7, 11) is -1.93.